The van der Waals surface area contributed by atoms with Crippen LogP contribution in [0.2, 0.25) is 0 Å². The van der Waals surface area contributed by atoms with E-state index in [1.165, 1.54) is 13.2 Å². The fourth-order valence-corrected chi connectivity index (χ4v) is 4.57. The highest BCUT2D eigenvalue weighted by molar-refractivity contribution is 7.91. The van der Waals surface area contributed by atoms with E-state index in [0.717, 1.165) is 0 Å². The maximum absolute atomic E-state index is 12.0. The summed E-state index contributed by atoms with van der Waals surface area (Å²) < 4.78 is 33.6. The molecule has 23 heavy (non-hydrogen) atoms. The van der Waals surface area contributed by atoms with Gasteiger partial charge in [0, 0.05) is 6.07 Å². The van der Waals surface area contributed by atoms with E-state index in [1.54, 1.807) is 19.1 Å². The molecule has 0 aliphatic carbocycles. The van der Waals surface area contributed by atoms with Crippen LogP contribution in [0.25, 0.3) is 0 Å². The third kappa shape index (κ3) is 4.36. The lowest BCUT2D eigenvalue weighted by atomic mass is 10.0. The molecule has 0 saturated carbocycles. The van der Waals surface area contributed by atoms with E-state index in [9.17, 15) is 13.2 Å². The lowest BCUT2D eigenvalue weighted by molar-refractivity contribution is -0.124. The summed E-state index contributed by atoms with van der Waals surface area (Å²) in [6.45, 7) is 1.44. The van der Waals surface area contributed by atoms with Crippen molar-refractivity contribution in [2.75, 3.05) is 25.2 Å². The molecule has 1 unspecified atom stereocenters. The van der Waals surface area contributed by atoms with Gasteiger partial charge in [-0.1, -0.05) is 0 Å². The van der Waals surface area contributed by atoms with Crippen LogP contribution in [0.4, 0.5) is 0 Å². The maximum Gasteiger partial charge on any atom is 0.258 e. The molecular weight excluding hydrogens is 320 g/mol. The molecule has 0 aromatic heterocycles. The van der Waals surface area contributed by atoms with Crippen LogP contribution in [0.1, 0.15) is 18.9 Å². The van der Waals surface area contributed by atoms with Gasteiger partial charge in [0.1, 0.15) is 0 Å². The van der Waals surface area contributed by atoms with E-state index in [4.69, 9.17) is 14.7 Å². The zero-order valence-electron chi connectivity index (χ0n) is 13.0. The number of nitrogens with one attached hydrogen (secondary N) is 1. The summed E-state index contributed by atoms with van der Waals surface area (Å²) in [7, 11) is -1.65. The molecule has 1 heterocycles. The number of hydrogen-bond acceptors (Lipinski definition) is 6. The van der Waals surface area contributed by atoms with Crippen molar-refractivity contribution in [3.63, 3.8) is 0 Å². The lowest BCUT2D eigenvalue weighted by Gasteiger charge is -2.23. The first-order valence-electron chi connectivity index (χ1n) is 6.99. The number of carbonyl (C=O) groups excluding carboxylic acids is 1. The van der Waals surface area contributed by atoms with Crippen molar-refractivity contribution in [2.45, 2.75) is 18.9 Å². The van der Waals surface area contributed by atoms with Crippen LogP contribution in [0, 0.1) is 11.3 Å². The van der Waals surface area contributed by atoms with Crippen LogP contribution in [0.5, 0.6) is 11.5 Å². The van der Waals surface area contributed by atoms with Gasteiger partial charge in [0.25, 0.3) is 5.91 Å². The summed E-state index contributed by atoms with van der Waals surface area (Å²) in [4.78, 5) is 12.0. The van der Waals surface area contributed by atoms with Gasteiger partial charge < -0.3 is 14.8 Å². The second-order valence-electron chi connectivity index (χ2n) is 5.72. The zero-order valence-corrected chi connectivity index (χ0v) is 13.8. The number of benzene rings is 1. The molecule has 8 heteroatoms. The fourth-order valence-electron chi connectivity index (χ4n) is 2.48. The van der Waals surface area contributed by atoms with Crippen molar-refractivity contribution >= 4 is 15.7 Å². The van der Waals surface area contributed by atoms with E-state index in [-0.39, 0.29) is 18.1 Å². The number of sulfone groups is 1. The van der Waals surface area contributed by atoms with Crippen molar-refractivity contribution in [3.05, 3.63) is 23.8 Å². The number of amides is 1. The van der Waals surface area contributed by atoms with Gasteiger partial charge in [0.15, 0.2) is 27.9 Å². The Morgan fingerprint density at radius 2 is 2.17 bits per heavy atom. The van der Waals surface area contributed by atoms with Gasteiger partial charge in [-0.05, 0) is 25.5 Å². The molecule has 124 valence electrons. The monoisotopic (exact) mass is 338 g/mol. The predicted molar refractivity (Wildman–Crippen MR) is 83.0 cm³/mol. The van der Waals surface area contributed by atoms with Crippen molar-refractivity contribution in [1.82, 2.24) is 5.32 Å². The topological polar surface area (TPSA) is 105 Å². The first kappa shape index (κ1) is 17.1. The highest BCUT2D eigenvalue weighted by atomic mass is 32.2. The molecule has 1 amide bonds. The van der Waals surface area contributed by atoms with Crippen LogP contribution >= 0.6 is 0 Å². The smallest absolute Gasteiger partial charge is 0.258 e. The van der Waals surface area contributed by atoms with Crippen LogP contribution in [0.3, 0.4) is 0 Å². The number of methoxy groups -OCH3 is 1. The van der Waals surface area contributed by atoms with E-state index in [2.05, 4.69) is 5.32 Å². The Balaban J connectivity index is 1.96. The van der Waals surface area contributed by atoms with Crippen molar-refractivity contribution in [2.24, 2.45) is 0 Å². The molecule has 1 aliphatic heterocycles. The van der Waals surface area contributed by atoms with Gasteiger partial charge in [-0.3, -0.25) is 4.79 Å². The highest BCUT2D eigenvalue weighted by Gasteiger charge is 2.39. The molecule has 1 saturated heterocycles. The Labute approximate surface area is 135 Å². The molecule has 7 nitrogen and oxygen atoms in total. The number of ether oxygens (including phenoxy) is 2. The average molecular weight is 338 g/mol. The average Bonchev–Trinajstić information content (AvgIpc) is 2.78. The summed E-state index contributed by atoms with van der Waals surface area (Å²) in [5, 5.41) is 11.5. The van der Waals surface area contributed by atoms with Crippen molar-refractivity contribution < 1.29 is 22.7 Å². The SMILES string of the molecule is COc1cc(C#N)ccc1OCC(=O)NC1(C)CCS(=O)(=O)C1. The number of rotatable bonds is 5. The Hall–Kier alpha value is -2.27. The molecule has 1 aliphatic rings. The first-order valence-corrected chi connectivity index (χ1v) is 8.81. The van der Waals surface area contributed by atoms with Crippen LogP contribution in [-0.2, 0) is 14.6 Å². The number of hydrogen-bond donors (Lipinski definition) is 1. The molecule has 1 atom stereocenters. The second-order valence-corrected chi connectivity index (χ2v) is 7.90. The zero-order chi connectivity index (χ0) is 17.1. The molecule has 2 rings (SSSR count). The maximum atomic E-state index is 12.0. The van der Waals surface area contributed by atoms with Gasteiger partial charge in [-0.25, -0.2) is 8.42 Å². The number of nitrogens with zero attached hydrogens (tertiary/aromatic N) is 1. The third-order valence-corrected chi connectivity index (χ3v) is 5.50. The standard InChI is InChI=1S/C15H18N2O5S/c1-15(5-6-23(19,20)10-15)17-14(18)9-22-12-4-3-11(8-16)7-13(12)21-2/h3-4,7H,5-6,9-10H2,1-2H3,(H,17,18). The number of nitriles is 1. The summed E-state index contributed by atoms with van der Waals surface area (Å²) in [6, 6.07) is 6.60. The summed E-state index contributed by atoms with van der Waals surface area (Å²) in [5.41, 5.74) is -0.337. The van der Waals surface area contributed by atoms with Crippen molar-refractivity contribution in [1.29, 1.82) is 5.26 Å². The molecule has 0 bridgehead atoms. The van der Waals surface area contributed by atoms with Gasteiger partial charge in [0.05, 0.1) is 35.8 Å². The van der Waals surface area contributed by atoms with E-state index < -0.39 is 21.3 Å². The van der Waals surface area contributed by atoms with Crippen LogP contribution in [0.15, 0.2) is 18.2 Å². The van der Waals surface area contributed by atoms with E-state index >= 15 is 0 Å². The van der Waals surface area contributed by atoms with Crippen LogP contribution < -0.4 is 14.8 Å². The molecule has 1 aromatic rings. The Morgan fingerprint density at radius 3 is 2.74 bits per heavy atom. The lowest BCUT2D eigenvalue weighted by Crippen LogP contribution is -2.48. The quantitative estimate of drug-likeness (QED) is 0.844. The number of carbonyl (C=O) groups is 1. The highest BCUT2D eigenvalue weighted by Crippen LogP contribution is 2.28. The minimum absolute atomic E-state index is 0.0636. The Morgan fingerprint density at radius 1 is 1.43 bits per heavy atom. The normalized spacial score (nSPS) is 22.1. The second kappa shape index (κ2) is 6.46. The molecule has 0 radical (unpaired) electrons. The molecule has 1 aromatic carbocycles. The van der Waals surface area contributed by atoms with Crippen LogP contribution in [-0.4, -0.2) is 45.1 Å². The fraction of sp³-hybridized carbons (Fsp3) is 0.467. The van der Waals surface area contributed by atoms with Crippen molar-refractivity contribution in [3.8, 4) is 17.6 Å². The molecule has 1 N–H and O–H groups in total. The van der Waals surface area contributed by atoms with Gasteiger partial charge in [0.2, 0.25) is 0 Å². The Kier molecular flexibility index (Phi) is 4.80. The molecule has 1 fully saturated rings. The van der Waals surface area contributed by atoms with E-state index in [1.807, 2.05) is 6.07 Å². The third-order valence-electron chi connectivity index (χ3n) is 3.60. The van der Waals surface area contributed by atoms with Gasteiger partial charge >= 0.3 is 0 Å². The first-order chi connectivity index (χ1) is 10.8. The largest absolute Gasteiger partial charge is 0.493 e. The predicted octanol–water partition coefficient (Wildman–Crippen LogP) is 0.639. The summed E-state index contributed by atoms with van der Waals surface area (Å²) in [6.07, 6.45) is 0.390. The Bertz CT molecular complexity index is 754. The van der Waals surface area contributed by atoms with E-state index in [0.29, 0.717) is 23.5 Å². The minimum atomic E-state index is -3.09. The molecular formula is C15H18N2O5S. The summed E-state index contributed by atoms with van der Waals surface area (Å²) >= 11 is 0. The van der Waals surface area contributed by atoms with Gasteiger partial charge in [-0.2, -0.15) is 5.26 Å². The minimum Gasteiger partial charge on any atom is -0.493 e. The van der Waals surface area contributed by atoms with Gasteiger partial charge in [-0.15, -0.1) is 0 Å². The summed E-state index contributed by atoms with van der Waals surface area (Å²) in [5.74, 6) is 0.299. The molecule has 0 spiro atoms.